The van der Waals surface area contributed by atoms with Crippen molar-refractivity contribution in [3.8, 4) is 0 Å². The van der Waals surface area contributed by atoms with Gasteiger partial charge in [0.05, 0.1) is 11.2 Å². The van der Waals surface area contributed by atoms with Gasteiger partial charge in [-0.1, -0.05) is 0 Å². The van der Waals surface area contributed by atoms with Crippen LogP contribution in [-0.2, 0) is 15.4 Å². The predicted molar refractivity (Wildman–Crippen MR) is 61.3 cm³/mol. The Hall–Kier alpha value is -1.37. The van der Waals surface area contributed by atoms with Gasteiger partial charge in [-0.15, -0.1) is 0 Å². The van der Waals surface area contributed by atoms with Crippen molar-refractivity contribution < 1.29 is 8.42 Å². The molecule has 6 nitrogen and oxygen atoms in total. The first-order valence-corrected chi connectivity index (χ1v) is 6.42. The van der Waals surface area contributed by atoms with E-state index in [2.05, 4.69) is 15.6 Å². The number of sulfone groups is 1. The maximum Gasteiger partial charge on any atom is 0.224 e. The zero-order chi connectivity index (χ0) is 12.1. The number of anilines is 1. The average Bonchev–Trinajstić information content (AvgIpc) is 2.42. The first kappa shape index (κ1) is 11.1. The minimum atomic E-state index is -3.45. The summed E-state index contributed by atoms with van der Waals surface area (Å²) in [4.78, 5) is 0.220. The highest BCUT2D eigenvalue weighted by molar-refractivity contribution is 8.04. The number of aryl methyl sites for hydroxylation is 1. The van der Waals surface area contributed by atoms with Crippen molar-refractivity contribution >= 4 is 21.2 Å². The molecule has 1 aliphatic heterocycles. The monoisotopic (exact) mass is 242 g/mol. The molecule has 1 aromatic rings. The van der Waals surface area contributed by atoms with Crippen molar-refractivity contribution in [3.63, 3.8) is 0 Å². The Bertz CT molecular complexity index is 563. The quantitative estimate of drug-likeness (QED) is 0.738. The van der Waals surface area contributed by atoms with E-state index in [0.29, 0.717) is 11.5 Å². The summed E-state index contributed by atoms with van der Waals surface area (Å²) in [5.41, 5.74) is 3.81. The molecule has 0 saturated heterocycles. The second kappa shape index (κ2) is 3.07. The molecular weight excluding hydrogens is 228 g/mol. The lowest BCUT2D eigenvalue weighted by molar-refractivity contribution is 0.358. The van der Waals surface area contributed by atoms with E-state index >= 15 is 0 Å². The molecule has 0 radical (unpaired) electrons. The fraction of sp³-hybridized carbons (Fsp3) is 0.556. The fourth-order valence-corrected chi connectivity index (χ4v) is 2.80. The standard InChI is InChI=1S/C9H14N4O2S/c1-6-7-8(11-10-5-16(7,14)15)13(12-6)9(2,3)4/h5,11H,1-4H3. The van der Waals surface area contributed by atoms with Gasteiger partial charge in [-0.3, -0.25) is 5.43 Å². The fourth-order valence-electron chi connectivity index (χ4n) is 1.65. The number of nitrogens with zero attached hydrogens (tertiary/aromatic N) is 3. The van der Waals surface area contributed by atoms with Crippen LogP contribution in [0.5, 0.6) is 0 Å². The molecule has 2 rings (SSSR count). The molecule has 0 amide bonds. The molecule has 2 heterocycles. The molecule has 16 heavy (non-hydrogen) atoms. The smallest absolute Gasteiger partial charge is 0.224 e. The summed E-state index contributed by atoms with van der Waals surface area (Å²) in [5.74, 6) is 0.438. The number of fused-ring (bicyclic) bond motifs is 1. The maximum atomic E-state index is 11.8. The third-order valence-corrected chi connectivity index (χ3v) is 3.73. The highest BCUT2D eigenvalue weighted by Crippen LogP contribution is 2.31. The van der Waals surface area contributed by atoms with Crippen LogP contribution in [0.4, 0.5) is 5.82 Å². The van der Waals surface area contributed by atoms with Crippen LogP contribution in [0, 0.1) is 6.92 Å². The maximum absolute atomic E-state index is 11.8. The topological polar surface area (TPSA) is 76.3 Å². The van der Waals surface area contributed by atoms with Gasteiger partial charge in [0, 0.05) is 0 Å². The van der Waals surface area contributed by atoms with E-state index in [1.54, 1.807) is 11.6 Å². The lowest BCUT2D eigenvalue weighted by Crippen LogP contribution is -2.25. The first-order valence-electron chi connectivity index (χ1n) is 4.88. The van der Waals surface area contributed by atoms with E-state index in [0.717, 1.165) is 5.55 Å². The number of nitrogens with one attached hydrogen (secondary N) is 1. The molecular formula is C9H14N4O2S. The van der Waals surface area contributed by atoms with Crippen molar-refractivity contribution in [3.05, 3.63) is 5.69 Å². The largest absolute Gasteiger partial charge is 0.260 e. The normalized spacial score (nSPS) is 18.0. The molecule has 7 heteroatoms. The van der Waals surface area contributed by atoms with Gasteiger partial charge in [0.2, 0.25) is 9.84 Å². The highest BCUT2D eigenvalue weighted by atomic mass is 32.2. The van der Waals surface area contributed by atoms with Crippen LogP contribution in [0.15, 0.2) is 10.00 Å². The van der Waals surface area contributed by atoms with Crippen molar-refractivity contribution in [2.75, 3.05) is 5.43 Å². The Balaban J connectivity index is 2.76. The van der Waals surface area contributed by atoms with Gasteiger partial charge < -0.3 is 0 Å². The van der Waals surface area contributed by atoms with Crippen LogP contribution < -0.4 is 5.43 Å². The van der Waals surface area contributed by atoms with Crippen molar-refractivity contribution in [1.29, 1.82) is 0 Å². The first-order chi connectivity index (χ1) is 7.23. The molecule has 1 aliphatic rings. The molecule has 0 saturated carbocycles. The van der Waals surface area contributed by atoms with Crippen LogP contribution in [0.2, 0.25) is 0 Å². The summed E-state index contributed by atoms with van der Waals surface area (Å²) < 4.78 is 25.2. The summed E-state index contributed by atoms with van der Waals surface area (Å²) in [5, 5.41) is 7.89. The predicted octanol–water partition coefficient (Wildman–Crippen LogP) is 1.09. The number of hydrogen-bond donors (Lipinski definition) is 1. The minimum Gasteiger partial charge on any atom is -0.260 e. The highest BCUT2D eigenvalue weighted by Gasteiger charge is 2.32. The SMILES string of the molecule is Cc1nn(C(C)(C)C)c2c1S(=O)(=O)C=NN2. The van der Waals surface area contributed by atoms with E-state index in [1.807, 2.05) is 20.8 Å². The molecule has 0 aromatic carbocycles. The van der Waals surface area contributed by atoms with Gasteiger partial charge in [0.1, 0.15) is 10.4 Å². The molecule has 0 bridgehead atoms. The van der Waals surface area contributed by atoms with Crippen LogP contribution in [-0.4, -0.2) is 23.7 Å². The van der Waals surface area contributed by atoms with Crippen LogP contribution in [0.1, 0.15) is 26.5 Å². The van der Waals surface area contributed by atoms with Gasteiger partial charge in [0.25, 0.3) is 0 Å². The lowest BCUT2D eigenvalue weighted by atomic mass is 10.1. The van der Waals surface area contributed by atoms with Gasteiger partial charge in [-0.05, 0) is 27.7 Å². The summed E-state index contributed by atoms with van der Waals surface area (Å²) in [6.45, 7) is 7.53. The Morgan fingerprint density at radius 3 is 2.56 bits per heavy atom. The second-order valence-electron chi connectivity index (χ2n) is 4.74. The number of rotatable bonds is 0. The third-order valence-electron chi connectivity index (χ3n) is 2.29. The lowest BCUT2D eigenvalue weighted by Gasteiger charge is -2.22. The van der Waals surface area contributed by atoms with Gasteiger partial charge >= 0.3 is 0 Å². The summed E-state index contributed by atoms with van der Waals surface area (Å²) >= 11 is 0. The molecule has 1 N–H and O–H groups in total. The van der Waals surface area contributed by atoms with E-state index in [9.17, 15) is 8.42 Å². The molecule has 0 fully saturated rings. The van der Waals surface area contributed by atoms with Gasteiger partial charge in [-0.2, -0.15) is 10.2 Å². The van der Waals surface area contributed by atoms with Gasteiger partial charge in [-0.25, -0.2) is 13.1 Å². The van der Waals surface area contributed by atoms with E-state index in [-0.39, 0.29) is 10.4 Å². The van der Waals surface area contributed by atoms with Crippen molar-refractivity contribution in [2.45, 2.75) is 38.1 Å². The Morgan fingerprint density at radius 1 is 1.38 bits per heavy atom. The van der Waals surface area contributed by atoms with Crippen molar-refractivity contribution in [1.82, 2.24) is 9.78 Å². The average molecular weight is 242 g/mol. The molecule has 88 valence electrons. The molecule has 0 aliphatic carbocycles. The summed E-state index contributed by atoms with van der Waals surface area (Å²) in [6.07, 6.45) is 0. The zero-order valence-corrected chi connectivity index (χ0v) is 10.5. The second-order valence-corrected chi connectivity index (χ2v) is 6.45. The number of hydrazone groups is 1. The minimum absolute atomic E-state index is 0.220. The molecule has 0 atom stereocenters. The van der Waals surface area contributed by atoms with Crippen LogP contribution in [0.3, 0.4) is 0 Å². The van der Waals surface area contributed by atoms with Crippen LogP contribution >= 0.6 is 0 Å². The Labute approximate surface area is 94.3 Å². The third kappa shape index (κ3) is 1.51. The van der Waals surface area contributed by atoms with E-state index < -0.39 is 9.84 Å². The van der Waals surface area contributed by atoms with E-state index in [4.69, 9.17) is 0 Å². The zero-order valence-electron chi connectivity index (χ0n) is 9.64. The van der Waals surface area contributed by atoms with Crippen molar-refractivity contribution in [2.24, 2.45) is 5.10 Å². The van der Waals surface area contributed by atoms with E-state index in [1.165, 1.54) is 0 Å². The van der Waals surface area contributed by atoms with Crippen LogP contribution in [0.25, 0.3) is 0 Å². The molecule has 0 spiro atoms. The Kier molecular flexibility index (Phi) is 2.13. The van der Waals surface area contributed by atoms with Gasteiger partial charge in [0.15, 0.2) is 5.82 Å². The molecule has 1 aromatic heterocycles. The Morgan fingerprint density at radius 2 is 2.00 bits per heavy atom. The molecule has 0 unspecified atom stereocenters. The number of hydrogen-bond acceptors (Lipinski definition) is 5. The number of aromatic nitrogens is 2. The summed E-state index contributed by atoms with van der Waals surface area (Å²) in [6, 6.07) is 0. The summed E-state index contributed by atoms with van der Waals surface area (Å²) in [7, 11) is -3.45.